The van der Waals surface area contributed by atoms with Crippen molar-refractivity contribution in [2.24, 2.45) is 5.92 Å². The minimum Gasteiger partial charge on any atom is -0.381 e. The highest BCUT2D eigenvalue weighted by molar-refractivity contribution is 5.92. The van der Waals surface area contributed by atoms with Crippen molar-refractivity contribution in [3.05, 3.63) is 17.5 Å². The first-order chi connectivity index (χ1) is 11.2. The number of rotatable bonds is 4. The van der Waals surface area contributed by atoms with Crippen LogP contribution in [-0.4, -0.2) is 54.4 Å². The van der Waals surface area contributed by atoms with Crippen LogP contribution < -0.4 is 5.32 Å². The summed E-state index contributed by atoms with van der Waals surface area (Å²) in [4.78, 5) is 14.9. The zero-order chi connectivity index (χ0) is 15.8. The first kappa shape index (κ1) is 15.1. The van der Waals surface area contributed by atoms with Crippen LogP contribution in [0.4, 0.5) is 0 Å². The lowest BCUT2D eigenvalue weighted by Crippen LogP contribution is -2.42. The molecule has 2 atom stereocenters. The van der Waals surface area contributed by atoms with Crippen molar-refractivity contribution in [1.29, 1.82) is 0 Å². The molecule has 0 radical (unpaired) electrons. The van der Waals surface area contributed by atoms with Crippen molar-refractivity contribution < 1.29 is 14.1 Å². The molecule has 23 heavy (non-hydrogen) atoms. The number of carbonyl (C=O) groups excluding carboxylic acids is 1. The lowest BCUT2D eigenvalue weighted by Gasteiger charge is -2.31. The van der Waals surface area contributed by atoms with Gasteiger partial charge in [0.05, 0.1) is 0 Å². The number of hydrogen-bond acceptors (Lipinski definition) is 5. The van der Waals surface area contributed by atoms with Gasteiger partial charge in [-0.05, 0) is 31.6 Å². The number of likely N-dealkylation sites (tertiary alicyclic amines) is 1. The Balaban J connectivity index is 1.34. The topological polar surface area (TPSA) is 67.6 Å². The van der Waals surface area contributed by atoms with E-state index in [1.807, 2.05) is 6.07 Å². The van der Waals surface area contributed by atoms with Crippen LogP contribution in [-0.2, 0) is 4.74 Å². The van der Waals surface area contributed by atoms with E-state index in [1.54, 1.807) is 0 Å². The number of amides is 1. The van der Waals surface area contributed by atoms with Gasteiger partial charge in [-0.25, -0.2) is 0 Å². The van der Waals surface area contributed by atoms with E-state index in [0.29, 0.717) is 23.6 Å². The largest absolute Gasteiger partial charge is 0.381 e. The zero-order valence-corrected chi connectivity index (χ0v) is 13.7. The van der Waals surface area contributed by atoms with Gasteiger partial charge in [0.15, 0.2) is 5.69 Å². The molecule has 0 aromatic carbocycles. The molecule has 3 heterocycles. The third-order valence-electron chi connectivity index (χ3n) is 5.41. The Hall–Kier alpha value is -1.40. The van der Waals surface area contributed by atoms with Gasteiger partial charge in [0.1, 0.15) is 5.76 Å². The first-order valence-corrected chi connectivity index (χ1v) is 8.80. The summed E-state index contributed by atoms with van der Waals surface area (Å²) in [5.74, 6) is 1.69. The zero-order valence-electron chi connectivity index (χ0n) is 13.7. The smallest absolute Gasteiger partial charge is 0.273 e. The van der Waals surface area contributed by atoms with Crippen LogP contribution in [0.5, 0.6) is 0 Å². The first-order valence-electron chi connectivity index (χ1n) is 8.80. The standard InChI is InChI=1S/C17H25N3O3/c1-11-9-20(13-4-6-22-7-5-13)10-15(11)18-17(21)14-8-16(23-19-14)12-2-3-12/h8,11-13,15H,2-7,9-10H2,1H3,(H,18,21)/t11-,15+/m1/s1. The van der Waals surface area contributed by atoms with Crippen molar-refractivity contribution in [2.45, 2.75) is 50.6 Å². The number of nitrogens with zero attached hydrogens (tertiary/aromatic N) is 2. The van der Waals surface area contributed by atoms with Crippen LogP contribution in [0.25, 0.3) is 0 Å². The fraction of sp³-hybridized carbons (Fsp3) is 0.765. The monoisotopic (exact) mass is 319 g/mol. The average molecular weight is 319 g/mol. The highest BCUT2D eigenvalue weighted by Gasteiger charge is 2.36. The number of aromatic nitrogens is 1. The Bertz CT molecular complexity index is 563. The quantitative estimate of drug-likeness (QED) is 0.916. The van der Waals surface area contributed by atoms with Crippen LogP contribution in [0.15, 0.2) is 10.6 Å². The van der Waals surface area contributed by atoms with Gasteiger partial charge in [0, 0.05) is 50.4 Å². The SMILES string of the molecule is C[C@@H]1CN(C2CCOCC2)C[C@@H]1NC(=O)c1cc(C2CC2)on1. The van der Waals surface area contributed by atoms with E-state index in [4.69, 9.17) is 9.26 Å². The lowest BCUT2D eigenvalue weighted by atomic mass is 10.1. The molecule has 0 unspecified atom stereocenters. The van der Waals surface area contributed by atoms with Gasteiger partial charge in [-0.2, -0.15) is 0 Å². The van der Waals surface area contributed by atoms with E-state index in [-0.39, 0.29) is 11.9 Å². The van der Waals surface area contributed by atoms with E-state index in [0.717, 1.165) is 57.7 Å². The van der Waals surface area contributed by atoms with Crippen molar-refractivity contribution in [2.75, 3.05) is 26.3 Å². The van der Waals surface area contributed by atoms with Crippen molar-refractivity contribution >= 4 is 5.91 Å². The molecule has 4 rings (SSSR count). The molecule has 0 spiro atoms. The summed E-state index contributed by atoms with van der Waals surface area (Å²) in [6.07, 6.45) is 4.49. The fourth-order valence-corrected chi connectivity index (χ4v) is 3.74. The molecule has 0 bridgehead atoms. The third kappa shape index (κ3) is 3.28. The maximum absolute atomic E-state index is 12.4. The summed E-state index contributed by atoms with van der Waals surface area (Å²) in [5, 5.41) is 7.09. The van der Waals surface area contributed by atoms with E-state index < -0.39 is 0 Å². The van der Waals surface area contributed by atoms with Crippen LogP contribution in [0.3, 0.4) is 0 Å². The summed E-state index contributed by atoms with van der Waals surface area (Å²) >= 11 is 0. The number of nitrogens with one attached hydrogen (secondary N) is 1. The molecular weight excluding hydrogens is 294 g/mol. The predicted octanol–water partition coefficient (Wildman–Crippen LogP) is 1.78. The Morgan fingerprint density at radius 2 is 2.04 bits per heavy atom. The van der Waals surface area contributed by atoms with Gasteiger partial charge in [-0.1, -0.05) is 12.1 Å². The second kappa shape index (κ2) is 6.24. The van der Waals surface area contributed by atoms with Gasteiger partial charge < -0.3 is 14.6 Å². The van der Waals surface area contributed by atoms with Gasteiger partial charge in [0.2, 0.25) is 0 Å². The number of hydrogen-bond donors (Lipinski definition) is 1. The van der Waals surface area contributed by atoms with E-state index >= 15 is 0 Å². The molecule has 6 heteroatoms. The number of carbonyl (C=O) groups is 1. The second-order valence-electron chi connectivity index (χ2n) is 7.24. The Labute approximate surface area is 136 Å². The molecule has 1 aromatic heterocycles. The predicted molar refractivity (Wildman–Crippen MR) is 84.3 cm³/mol. The molecule has 1 amide bonds. The van der Waals surface area contributed by atoms with Gasteiger partial charge in [0.25, 0.3) is 5.91 Å². The van der Waals surface area contributed by atoms with Crippen molar-refractivity contribution in [3.63, 3.8) is 0 Å². The van der Waals surface area contributed by atoms with Crippen LogP contribution in [0, 0.1) is 5.92 Å². The highest BCUT2D eigenvalue weighted by atomic mass is 16.5. The highest BCUT2D eigenvalue weighted by Crippen LogP contribution is 2.40. The van der Waals surface area contributed by atoms with Gasteiger partial charge in [-0.3, -0.25) is 9.69 Å². The van der Waals surface area contributed by atoms with Crippen LogP contribution >= 0.6 is 0 Å². The molecular formula is C17H25N3O3. The number of ether oxygens (including phenoxy) is 1. The molecule has 1 aromatic rings. The van der Waals surface area contributed by atoms with Crippen LogP contribution in [0.1, 0.15) is 54.8 Å². The molecule has 1 aliphatic carbocycles. The molecule has 126 valence electrons. The second-order valence-corrected chi connectivity index (χ2v) is 7.24. The minimum atomic E-state index is -0.105. The molecule has 2 saturated heterocycles. The van der Waals surface area contributed by atoms with E-state index in [1.165, 1.54) is 0 Å². The Morgan fingerprint density at radius 1 is 1.26 bits per heavy atom. The van der Waals surface area contributed by atoms with Gasteiger partial charge >= 0.3 is 0 Å². The van der Waals surface area contributed by atoms with Gasteiger partial charge in [-0.15, -0.1) is 0 Å². The maximum atomic E-state index is 12.4. The van der Waals surface area contributed by atoms with E-state index in [9.17, 15) is 4.79 Å². The minimum absolute atomic E-state index is 0.105. The molecule has 1 saturated carbocycles. The summed E-state index contributed by atoms with van der Waals surface area (Å²) in [5.41, 5.74) is 0.420. The maximum Gasteiger partial charge on any atom is 0.273 e. The molecule has 3 aliphatic rings. The Morgan fingerprint density at radius 3 is 2.78 bits per heavy atom. The fourth-order valence-electron chi connectivity index (χ4n) is 3.74. The normalized spacial score (nSPS) is 29.8. The summed E-state index contributed by atoms with van der Waals surface area (Å²) < 4.78 is 10.7. The lowest BCUT2D eigenvalue weighted by molar-refractivity contribution is 0.0408. The van der Waals surface area contributed by atoms with Crippen molar-refractivity contribution in [3.8, 4) is 0 Å². The summed E-state index contributed by atoms with van der Waals surface area (Å²) in [6.45, 7) is 5.89. The molecule has 3 fully saturated rings. The molecule has 6 nitrogen and oxygen atoms in total. The Kier molecular flexibility index (Phi) is 4.11. The summed E-state index contributed by atoms with van der Waals surface area (Å²) in [6, 6.07) is 2.59. The molecule has 1 N–H and O–H groups in total. The molecule has 2 aliphatic heterocycles. The summed E-state index contributed by atoms with van der Waals surface area (Å²) in [7, 11) is 0. The third-order valence-corrected chi connectivity index (χ3v) is 5.41. The average Bonchev–Trinajstić information content (AvgIpc) is 3.18. The van der Waals surface area contributed by atoms with Crippen LogP contribution in [0.2, 0.25) is 0 Å². The van der Waals surface area contributed by atoms with E-state index in [2.05, 4.69) is 22.3 Å². The van der Waals surface area contributed by atoms with Crippen molar-refractivity contribution in [1.82, 2.24) is 15.4 Å².